The van der Waals surface area contributed by atoms with Crippen molar-refractivity contribution in [2.24, 2.45) is 5.10 Å². The van der Waals surface area contributed by atoms with E-state index < -0.39 is 0 Å². The van der Waals surface area contributed by atoms with Crippen molar-refractivity contribution in [3.05, 3.63) is 96.1 Å². The lowest BCUT2D eigenvalue weighted by Gasteiger charge is -2.10. The van der Waals surface area contributed by atoms with Crippen molar-refractivity contribution in [1.82, 2.24) is 20.0 Å². The fourth-order valence-electron chi connectivity index (χ4n) is 4.06. The van der Waals surface area contributed by atoms with Crippen LogP contribution in [0.15, 0.2) is 84.2 Å². The lowest BCUT2D eigenvalue weighted by Crippen LogP contribution is -2.24. The number of aromatic nitrogens is 3. The smallest absolute Gasteiger partial charge is 0.277 e. The minimum atomic E-state index is -0.347. The quantitative estimate of drug-likeness (QED) is 0.300. The molecule has 5 rings (SSSR count). The van der Waals surface area contributed by atoms with Gasteiger partial charge in [-0.25, -0.2) is 5.43 Å². The molecule has 0 fully saturated rings. The maximum Gasteiger partial charge on any atom is 0.277 e. The highest BCUT2D eigenvalue weighted by Gasteiger charge is 2.11. The lowest BCUT2D eigenvalue weighted by molar-refractivity contribution is -0.123. The van der Waals surface area contributed by atoms with E-state index in [2.05, 4.69) is 37.2 Å². The van der Waals surface area contributed by atoms with Crippen molar-refractivity contribution >= 4 is 33.9 Å². The van der Waals surface area contributed by atoms with Gasteiger partial charge in [0.2, 0.25) is 0 Å². The summed E-state index contributed by atoms with van der Waals surface area (Å²) in [5, 5.41) is 6.17. The number of hydrazone groups is 1. The molecule has 0 saturated heterocycles. The van der Waals surface area contributed by atoms with Gasteiger partial charge in [-0.3, -0.25) is 14.8 Å². The van der Waals surface area contributed by atoms with Crippen LogP contribution in [-0.4, -0.2) is 33.3 Å². The van der Waals surface area contributed by atoms with Gasteiger partial charge in [0.15, 0.2) is 6.61 Å². The topological polar surface area (TPSA) is 81.4 Å². The summed E-state index contributed by atoms with van der Waals surface area (Å²) in [7, 11) is 0. The zero-order valence-corrected chi connectivity index (χ0v) is 18.9. The number of ether oxygens (including phenoxy) is 1. The number of carbonyl (C=O) groups excluding carboxylic acids is 1. The number of rotatable bonds is 6. The summed E-state index contributed by atoms with van der Waals surface area (Å²) in [6.07, 6.45) is 5.14. The molecule has 168 valence electrons. The van der Waals surface area contributed by atoms with E-state index in [-0.39, 0.29) is 12.5 Å². The lowest BCUT2D eigenvalue weighted by atomic mass is 10.2. The number of aryl methyl sites for hydroxylation is 1. The summed E-state index contributed by atoms with van der Waals surface area (Å²) in [5.74, 6) is 0.214. The molecule has 2 aromatic carbocycles. The second-order valence-corrected chi connectivity index (χ2v) is 7.96. The minimum absolute atomic E-state index is 0.156. The van der Waals surface area contributed by atoms with E-state index in [1.807, 2.05) is 62.4 Å². The number of hydrogen-bond acceptors (Lipinski definition) is 5. The third-order valence-corrected chi connectivity index (χ3v) is 5.66. The van der Waals surface area contributed by atoms with Crippen molar-refractivity contribution in [1.29, 1.82) is 0 Å². The molecule has 34 heavy (non-hydrogen) atoms. The molecule has 0 spiro atoms. The first kappa shape index (κ1) is 21.3. The van der Waals surface area contributed by atoms with Crippen LogP contribution in [0.5, 0.6) is 5.75 Å². The van der Waals surface area contributed by atoms with Gasteiger partial charge in [-0.05, 0) is 56.3 Å². The Hall–Kier alpha value is -4.52. The molecule has 7 heteroatoms. The first-order valence-corrected chi connectivity index (χ1v) is 10.9. The first-order chi connectivity index (χ1) is 16.6. The average molecular weight is 450 g/mol. The molecular weight excluding hydrogens is 426 g/mol. The monoisotopic (exact) mass is 449 g/mol. The molecule has 3 heterocycles. The zero-order chi connectivity index (χ0) is 23.5. The van der Waals surface area contributed by atoms with Crippen molar-refractivity contribution < 1.29 is 9.53 Å². The van der Waals surface area contributed by atoms with E-state index in [1.165, 1.54) is 0 Å². The van der Waals surface area contributed by atoms with Gasteiger partial charge in [-0.2, -0.15) is 5.10 Å². The summed E-state index contributed by atoms with van der Waals surface area (Å²) >= 11 is 0. The summed E-state index contributed by atoms with van der Waals surface area (Å²) < 4.78 is 7.83. The molecule has 0 aliphatic rings. The van der Waals surface area contributed by atoms with Crippen LogP contribution < -0.4 is 10.2 Å². The number of benzene rings is 2. The normalized spacial score (nSPS) is 11.4. The molecule has 1 amide bonds. The van der Waals surface area contributed by atoms with E-state index >= 15 is 0 Å². The number of amides is 1. The summed E-state index contributed by atoms with van der Waals surface area (Å²) in [6, 6.07) is 21.6. The Morgan fingerprint density at radius 2 is 1.79 bits per heavy atom. The molecule has 0 aliphatic heterocycles. The standard InChI is InChI=1S/C27H23N5O2/c1-18-14-22(19(2)32(18)23-10-11-24-21(15-23)8-5-12-28-24)16-30-31-26(33)17-34-25-9-3-6-20-7-4-13-29-27(20)25/h3-16H,17H2,1-2H3,(H,31,33)/b30-16-. The summed E-state index contributed by atoms with van der Waals surface area (Å²) in [4.78, 5) is 21.0. The molecule has 0 aliphatic carbocycles. The van der Waals surface area contributed by atoms with Gasteiger partial charge in [0.25, 0.3) is 5.91 Å². The maximum atomic E-state index is 12.3. The van der Waals surface area contributed by atoms with Crippen LogP contribution in [0.1, 0.15) is 17.0 Å². The second-order valence-electron chi connectivity index (χ2n) is 7.96. The van der Waals surface area contributed by atoms with Crippen LogP contribution >= 0.6 is 0 Å². The van der Waals surface area contributed by atoms with Crippen LogP contribution in [-0.2, 0) is 4.79 Å². The Balaban J connectivity index is 1.27. The van der Waals surface area contributed by atoms with Gasteiger partial charge in [0.1, 0.15) is 11.3 Å². The van der Waals surface area contributed by atoms with Crippen LogP contribution in [0, 0.1) is 13.8 Å². The zero-order valence-electron chi connectivity index (χ0n) is 18.9. The Morgan fingerprint density at radius 1 is 1.00 bits per heavy atom. The van der Waals surface area contributed by atoms with Gasteiger partial charge in [-0.1, -0.05) is 24.3 Å². The molecule has 1 N–H and O–H groups in total. The number of para-hydroxylation sites is 1. The number of nitrogens with one attached hydrogen (secondary N) is 1. The van der Waals surface area contributed by atoms with Gasteiger partial charge in [0, 0.05) is 45.8 Å². The number of hydrogen-bond donors (Lipinski definition) is 1. The fraction of sp³-hybridized carbons (Fsp3) is 0.111. The molecule has 7 nitrogen and oxygen atoms in total. The highest BCUT2D eigenvalue weighted by Crippen LogP contribution is 2.24. The predicted molar refractivity (Wildman–Crippen MR) is 134 cm³/mol. The summed E-state index contributed by atoms with van der Waals surface area (Å²) in [5.41, 5.74) is 8.28. The number of pyridine rings is 2. The fourth-order valence-corrected chi connectivity index (χ4v) is 4.06. The molecule has 0 saturated carbocycles. The van der Waals surface area contributed by atoms with Crippen molar-refractivity contribution in [3.8, 4) is 11.4 Å². The van der Waals surface area contributed by atoms with Gasteiger partial charge < -0.3 is 9.30 Å². The minimum Gasteiger partial charge on any atom is -0.481 e. The number of fused-ring (bicyclic) bond motifs is 2. The highest BCUT2D eigenvalue weighted by atomic mass is 16.5. The van der Waals surface area contributed by atoms with Gasteiger partial charge in [-0.15, -0.1) is 0 Å². The highest BCUT2D eigenvalue weighted by molar-refractivity contribution is 5.86. The first-order valence-electron chi connectivity index (χ1n) is 10.9. The Morgan fingerprint density at radius 3 is 2.68 bits per heavy atom. The third kappa shape index (κ3) is 4.23. The number of nitrogens with zero attached hydrogens (tertiary/aromatic N) is 4. The van der Waals surface area contributed by atoms with Gasteiger partial charge >= 0.3 is 0 Å². The molecule has 3 aromatic heterocycles. The van der Waals surface area contributed by atoms with Crippen LogP contribution in [0.4, 0.5) is 0 Å². The average Bonchev–Trinajstić information content (AvgIpc) is 3.15. The largest absolute Gasteiger partial charge is 0.481 e. The molecule has 0 unspecified atom stereocenters. The molecular formula is C27H23N5O2. The molecule has 5 aromatic rings. The van der Waals surface area contributed by atoms with Crippen molar-refractivity contribution in [3.63, 3.8) is 0 Å². The van der Waals surface area contributed by atoms with Crippen molar-refractivity contribution in [2.45, 2.75) is 13.8 Å². The summed E-state index contributed by atoms with van der Waals surface area (Å²) in [6.45, 7) is 3.92. The third-order valence-electron chi connectivity index (χ3n) is 5.66. The van der Waals surface area contributed by atoms with Crippen LogP contribution in [0.2, 0.25) is 0 Å². The Labute approximate surface area is 196 Å². The van der Waals surface area contributed by atoms with Crippen LogP contribution in [0.25, 0.3) is 27.5 Å². The van der Waals surface area contributed by atoms with E-state index in [1.54, 1.807) is 24.7 Å². The van der Waals surface area contributed by atoms with Gasteiger partial charge in [0.05, 0.1) is 11.7 Å². The SMILES string of the molecule is Cc1cc(/C=N\NC(=O)COc2cccc3cccnc23)c(C)n1-c1ccc2ncccc2c1. The van der Waals surface area contributed by atoms with E-state index in [4.69, 9.17) is 4.74 Å². The van der Waals surface area contributed by atoms with Crippen LogP contribution in [0.3, 0.4) is 0 Å². The number of carbonyl (C=O) groups is 1. The Kier molecular flexibility index (Phi) is 5.74. The molecule has 0 bridgehead atoms. The second kappa shape index (κ2) is 9.15. The predicted octanol–water partition coefficient (Wildman–Crippen LogP) is 4.72. The van der Waals surface area contributed by atoms with E-state index in [0.717, 1.165) is 44.4 Å². The maximum absolute atomic E-state index is 12.3. The van der Waals surface area contributed by atoms with Crippen molar-refractivity contribution in [2.75, 3.05) is 6.61 Å². The Bertz CT molecular complexity index is 1530. The van der Waals surface area contributed by atoms with E-state index in [0.29, 0.717) is 5.75 Å². The molecule has 0 radical (unpaired) electrons. The van der Waals surface area contributed by atoms with E-state index in [9.17, 15) is 4.79 Å². The molecule has 0 atom stereocenters.